The highest BCUT2D eigenvalue weighted by molar-refractivity contribution is 5.34. The zero-order valence-corrected chi connectivity index (χ0v) is 10.2. The number of hydrogen-bond donors (Lipinski definition) is 2. The lowest BCUT2D eigenvalue weighted by atomic mass is 9.91. The van der Waals surface area contributed by atoms with Crippen LogP contribution < -0.4 is 5.32 Å². The molecule has 1 aromatic rings. The molecule has 0 bridgehead atoms. The Morgan fingerprint density at radius 3 is 2.76 bits per heavy atom. The third kappa shape index (κ3) is 2.24. The fraction of sp³-hybridized carbons (Fsp3) is 0.600. The molecule has 92 valence electrons. The SMILES string of the molecule is O[C@@H]1CCCC[C@@H]1N[C@@H]1CCc2ccccc21. The first-order valence-electron chi connectivity index (χ1n) is 6.86. The Morgan fingerprint density at radius 1 is 1.06 bits per heavy atom. The molecule has 0 heterocycles. The maximum Gasteiger partial charge on any atom is 0.0693 e. The second-order valence-electron chi connectivity index (χ2n) is 5.42. The monoisotopic (exact) mass is 231 g/mol. The van der Waals surface area contributed by atoms with E-state index in [-0.39, 0.29) is 6.10 Å². The van der Waals surface area contributed by atoms with Crippen LogP contribution in [0, 0.1) is 0 Å². The molecule has 2 heteroatoms. The molecule has 0 radical (unpaired) electrons. The molecule has 0 saturated heterocycles. The quantitative estimate of drug-likeness (QED) is 0.820. The summed E-state index contributed by atoms with van der Waals surface area (Å²) in [4.78, 5) is 0. The van der Waals surface area contributed by atoms with Gasteiger partial charge in [0.25, 0.3) is 0 Å². The number of nitrogens with one attached hydrogen (secondary N) is 1. The van der Waals surface area contributed by atoms with Gasteiger partial charge in [0, 0.05) is 12.1 Å². The number of hydrogen-bond acceptors (Lipinski definition) is 2. The summed E-state index contributed by atoms with van der Waals surface area (Å²) in [6.45, 7) is 0. The molecular weight excluding hydrogens is 210 g/mol. The zero-order chi connectivity index (χ0) is 11.7. The summed E-state index contributed by atoms with van der Waals surface area (Å²) < 4.78 is 0. The van der Waals surface area contributed by atoms with E-state index in [0.29, 0.717) is 12.1 Å². The molecule has 1 aromatic carbocycles. The fourth-order valence-electron chi connectivity index (χ4n) is 3.29. The summed E-state index contributed by atoms with van der Waals surface area (Å²) in [5.74, 6) is 0. The van der Waals surface area contributed by atoms with Gasteiger partial charge < -0.3 is 10.4 Å². The first kappa shape index (κ1) is 11.2. The largest absolute Gasteiger partial charge is 0.392 e. The van der Waals surface area contributed by atoms with Gasteiger partial charge in [0.05, 0.1) is 6.10 Å². The third-order valence-corrected chi connectivity index (χ3v) is 4.28. The van der Waals surface area contributed by atoms with E-state index in [4.69, 9.17) is 0 Å². The molecule has 3 atom stereocenters. The van der Waals surface area contributed by atoms with Gasteiger partial charge in [-0.25, -0.2) is 0 Å². The number of fused-ring (bicyclic) bond motifs is 1. The maximum atomic E-state index is 10.0. The van der Waals surface area contributed by atoms with Gasteiger partial charge in [0.15, 0.2) is 0 Å². The summed E-state index contributed by atoms with van der Waals surface area (Å²) in [5, 5.41) is 13.7. The van der Waals surface area contributed by atoms with E-state index in [9.17, 15) is 5.11 Å². The number of aryl methyl sites for hydroxylation is 1. The lowest BCUT2D eigenvalue weighted by Gasteiger charge is -2.31. The second kappa shape index (κ2) is 4.79. The third-order valence-electron chi connectivity index (χ3n) is 4.28. The molecule has 0 spiro atoms. The molecule has 2 aliphatic rings. The van der Waals surface area contributed by atoms with Crippen molar-refractivity contribution in [3.8, 4) is 0 Å². The van der Waals surface area contributed by atoms with Crippen molar-refractivity contribution in [2.45, 2.75) is 56.7 Å². The number of rotatable bonds is 2. The molecular formula is C15H21NO. The Kier molecular flexibility index (Phi) is 3.17. The molecule has 2 N–H and O–H groups in total. The minimum absolute atomic E-state index is 0.142. The van der Waals surface area contributed by atoms with Crippen LogP contribution in [0.25, 0.3) is 0 Å². The van der Waals surface area contributed by atoms with Crippen LogP contribution in [0.3, 0.4) is 0 Å². The second-order valence-corrected chi connectivity index (χ2v) is 5.42. The Labute approximate surface area is 103 Å². The van der Waals surface area contributed by atoms with Gasteiger partial charge in [-0.2, -0.15) is 0 Å². The van der Waals surface area contributed by atoms with Crippen LogP contribution in [-0.2, 0) is 6.42 Å². The number of aliphatic hydroxyl groups is 1. The van der Waals surface area contributed by atoms with Gasteiger partial charge in [-0.1, -0.05) is 37.1 Å². The zero-order valence-electron chi connectivity index (χ0n) is 10.2. The Bertz CT molecular complexity index is 390. The van der Waals surface area contributed by atoms with Gasteiger partial charge in [0.2, 0.25) is 0 Å². The molecule has 0 aromatic heterocycles. The van der Waals surface area contributed by atoms with Crippen molar-refractivity contribution < 1.29 is 5.11 Å². The van der Waals surface area contributed by atoms with Crippen LogP contribution in [0.4, 0.5) is 0 Å². The lowest BCUT2D eigenvalue weighted by Crippen LogP contribution is -2.43. The predicted octanol–water partition coefficient (Wildman–Crippen LogP) is 2.57. The average molecular weight is 231 g/mol. The van der Waals surface area contributed by atoms with Gasteiger partial charge in [-0.05, 0) is 36.8 Å². The first-order valence-corrected chi connectivity index (χ1v) is 6.86. The lowest BCUT2D eigenvalue weighted by molar-refractivity contribution is 0.0848. The molecule has 0 amide bonds. The molecule has 0 aliphatic heterocycles. The Balaban J connectivity index is 1.70. The molecule has 2 nitrogen and oxygen atoms in total. The summed E-state index contributed by atoms with van der Waals surface area (Å²) in [6, 6.07) is 9.47. The minimum atomic E-state index is -0.142. The smallest absolute Gasteiger partial charge is 0.0693 e. The Morgan fingerprint density at radius 2 is 1.88 bits per heavy atom. The molecule has 1 saturated carbocycles. The van der Waals surface area contributed by atoms with Crippen molar-refractivity contribution >= 4 is 0 Å². The van der Waals surface area contributed by atoms with Crippen molar-refractivity contribution in [3.05, 3.63) is 35.4 Å². The summed E-state index contributed by atoms with van der Waals surface area (Å²) in [6.07, 6.45) is 6.74. The van der Waals surface area contributed by atoms with E-state index in [1.807, 2.05) is 0 Å². The van der Waals surface area contributed by atoms with E-state index in [2.05, 4.69) is 29.6 Å². The van der Waals surface area contributed by atoms with E-state index in [1.54, 1.807) is 0 Å². The normalized spacial score (nSPS) is 32.4. The van der Waals surface area contributed by atoms with Gasteiger partial charge in [-0.15, -0.1) is 0 Å². The van der Waals surface area contributed by atoms with Crippen LogP contribution in [0.15, 0.2) is 24.3 Å². The topological polar surface area (TPSA) is 32.3 Å². The van der Waals surface area contributed by atoms with Crippen molar-refractivity contribution in [2.24, 2.45) is 0 Å². The first-order chi connectivity index (χ1) is 8.34. The Hall–Kier alpha value is -0.860. The standard InChI is InChI=1S/C15H21NO/c17-15-8-4-3-7-14(15)16-13-10-9-11-5-1-2-6-12(11)13/h1-2,5-6,13-17H,3-4,7-10H2/t13-,14+,15-/m1/s1. The molecule has 2 aliphatic carbocycles. The highest BCUT2D eigenvalue weighted by Gasteiger charge is 2.28. The van der Waals surface area contributed by atoms with Crippen molar-refractivity contribution in [1.29, 1.82) is 0 Å². The van der Waals surface area contributed by atoms with Crippen molar-refractivity contribution in [2.75, 3.05) is 0 Å². The highest BCUT2D eigenvalue weighted by Crippen LogP contribution is 2.32. The summed E-state index contributed by atoms with van der Waals surface area (Å²) in [7, 11) is 0. The molecule has 17 heavy (non-hydrogen) atoms. The predicted molar refractivity (Wildman–Crippen MR) is 68.9 cm³/mol. The van der Waals surface area contributed by atoms with E-state index >= 15 is 0 Å². The van der Waals surface area contributed by atoms with Crippen molar-refractivity contribution in [1.82, 2.24) is 5.32 Å². The molecule has 0 unspecified atom stereocenters. The van der Waals surface area contributed by atoms with E-state index in [0.717, 1.165) is 12.8 Å². The van der Waals surface area contributed by atoms with E-state index < -0.39 is 0 Å². The molecule has 3 rings (SSSR count). The maximum absolute atomic E-state index is 10.0. The summed E-state index contributed by atoms with van der Waals surface area (Å²) in [5.41, 5.74) is 2.93. The number of aliphatic hydroxyl groups excluding tert-OH is 1. The van der Waals surface area contributed by atoms with Crippen LogP contribution in [0.2, 0.25) is 0 Å². The summed E-state index contributed by atoms with van der Waals surface area (Å²) >= 11 is 0. The van der Waals surface area contributed by atoms with Crippen LogP contribution in [-0.4, -0.2) is 17.3 Å². The van der Waals surface area contributed by atoms with Gasteiger partial charge in [0.1, 0.15) is 0 Å². The van der Waals surface area contributed by atoms with Gasteiger partial charge >= 0.3 is 0 Å². The minimum Gasteiger partial charge on any atom is -0.392 e. The number of benzene rings is 1. The average Bonchev–Trinajstić information content (AvgIpc) is 2.76. The van der Waals surface area contributed by atoms with Crippen LogP contribution in [0.1, 0.15) is 49.3 Å². The molecule has 1 fully saturated rings. The highest BCUT2D eigenvalue weighted by atomic mass is 16.3. The fourth-order valence-corrected chi connectivity index (χ4v) is 3.29. The van der Waals surface area contributed by atoms with Crippen molar-refractivity contribution in [3.63, 3.8) is 0 Å². The van der Waals surface area contributed by atoms with Gasteiger partial charge in [-0.3, -0.25) is 0 Å². The van der Waals surface area contributed by atoms with Crippen LogP contribution in [0.5, 0.6) is 0 Å². The van der Waals surface area contributed by atoms with Crippen LogP contribution >= 0.6 is 0 Å². The van der Waals surface area contributed by atoms with E-state index in [1.165, 1.54) is 36.8 Å².